The van der Waals surface area contributed by atoms with Gasteiger partial charge in [0.2, 0.25) is 6.79 Å². The second kappa shape index (κ2) is 5.05. The summed E-state index contributed by atoms with van der Waals surface area (Å²) in [6.07, 6.45) is 1.88. The number of phenolic OH excluding ortho intramolecular Hbond substituents is 1. The van der Waals surface area contributed by atoms with Gasteiger partial charge in [-0.3, -0.25) is 4.90 Å². The maximum Gasteiger partial charge on any atom is 0.231 e. The molecule has 5 rings (SSSR count). The van der Waals surface area contributed by atoms with Crippen molar-refractivity contribution in [3.63, 3.8) is 0 Å². The van der Waals surface area contributed by atoms with Crippen molar-refractivity contribution in [2.24, 2.45) is 0 Å². The number of aromatic hydroxyl groups is 1. The summed E-state index contributed by atoms with van der Waals surface area (Å²) in [4.78, 5) is 2.47. The van der Waals surface area contributed by atoms with Gasteiger partial charge in [0, 0.05) is 24.7 Å². The molecule has 2 aromatic rings. The van der Waals surface area contributed by atoms with Crippen LogP contribution in [-0.4, -0.2) is 30.5 Å². The molecule has 0 saturated heterocycles. The van der Waals surface area contributed by atoms with Gasteiger partial charge < -0.3 is 19.3 Å². The Balaban J connectivity index is 1.57. The van der Waals surface area contributed by atoms with Gasteiger partial charge in [-0.1, -0.05) is 6.07 Å². The summed E-state index contributed by atoms with van der Waals surface area (Å²) in [5.41, 5.74) is 5.05. The number of hydrogen-bond donors (Lipinski definition) is 1. The predicted octanol–water partition coefficient (Wildman–Crippen LogP) is 2.79. The molecule has 0 radical (unpaired) electrons. The number of benzene rings is 2. The lowest BCUT2D eigenvalue weighted by molar-refractivity contribution is 0.151. The lowest BCUT2D eigenvalue weighted by Crippen LogP contribution is -2.39. The minimum absolute atomic E-state index is 0.217. The van der Waals surface area contributed by atoms with Crippen LogP contribution in [0.1, 0.15) is 28.3 Å². The fraction of sp³-hybridized carbons (Fsp3) is 0.368. The molecule has 0 aromatic heterocycles. The fourth-order valence-electron chi connectivity index (χ4n) is 4.21. The van der Waals surface area contributed by atoms with Crippen molar-refractivity contribution < 1.29 is 19.3 Å². The van der Waals surface area contributed by atoms with Gasteiger partial charge in [-0.2, -0.15) is 0 Å². The lowest BCUT2D eigenvalue weighted by atomic mass is 9.83. The third-order valence-corrected chi connectivity index (χ3v) is 5.42. The van der Waals surface area contributed by atoms with E-state index in [0.29, 0.717) is 18.6 Å². The highest BCUT2D eigenvalue weighted by Crippen LogP contribution is 2.46. The van der Waals surface area contributed by atoms with Gasteiger partial charge >= 0.3 is 0 Å². The van der Waals surface area contributed by atoms with Crippen LogP contribution >= 0.6 is 0 Å². The second-order valence-electron chi connectivity index (χ2n) is 6.60. The number of methoxy groups -OCH3 is 1. The van der Waals surface area contributed by atoms with Gasteiger partial charge in [0.25, 0.3) is 0 Å². The molecule has 0 bridgehead atoms. The van der Waals surface area contributed by atoms with Gasteiger partial charge in [-0.05, 0) is 47.7 Å². The Morgan fingerprint density at radius 3 is 3.00 bits per heavy atom. The smallest absolute Gasteiger partial charge is 0.231 e. The highest BCUT2D eigenvalue weighted by Gasteiger charge is 2.35. The third kappa shape index (κ3) is 1.91. The van der Waals surface area contributed by atoms with Crippen LogP contribution in [0.15, 0.2) is 24.3 Å². The van der Waals surface area contributed by atoms with Gasteiger partial charge in [-0.15, -0.1) is 0 Å². The Bertz CT molecular complexity index is 833. The van der Waals surface area contributed by atoms with Crippen molar-refractivity contribution in [2.75, 3.05) is 20.4 Å². The van der Waals surface area contributed by atoms with Crippen molar-refractivity contribution in [3.05, 3.63) is 46.5 Å². The van der Waals surface area contributed by atoms with Crippen molar-refractivity contribution in [1.29, 1.82) is 0 Å². The summed E-state index contributed by atoms with van der Waals surface area (Å²) in [5, 5.41) is 10.2. The maximum absolute atomic E-state index is 10.2. The van der Waals surface area contributed by atoms with Crippen molar-refractivity contribution in [2.45, 2.75) is 25.4 Å². The number of rotatable bonds is 1. The topological polar surface area (TPSA) is 51.2 Å². The molecule has 1 N–H and O–H groups in total. The Morgan fingerprint density at radius 2 is 2.12 bits per heavy atom. The van der Waals surface area contributed by atoms with Crippen molar-refractivity contribution >= 4 is 0 Å². The van der Waals surface area contributed by atoms with Crippen LogP contribution in [0.25, 0.3) is 0 Å². The van der Waals surface area contributed by atoms with Crippen LogP contribution < -0.4 is 14.2 Å². The Morgan fingerprint density at radius 1 is 1.21 bits per heavy atom. The van der Waals surface area contributed by atoms with Gasteiger partial charge in [-0.25, -0.2) is 0 Å². The maximum atomic E-state index is 10.2. The van der Waals surface area contributed by atoms with E-state index in [0.717, 1.165) is 37.4 Å². The standard InChI is InChI=1S/C19H19NO4/c1-22-18-7-12-4-5-20-9-14-11(2-3-17-19(14)24-10-23-17)6-15(20)13(12)8-16(18)21/h2-3,7-8,15,21H,4-6,9-10H2,1H3/t15-/m1/s1. The number of fused-ring (bicyclic) bond motifs is 6. The van der Waals surface area contributed by atoms with Crippen LogP contribution in [0.4, 0.5) is 0 Å². The van der Waals surface area contributed by atoms with Crippen LogP contribution in [0.5, 0.6) is 23.0 Å². The van der Waals surface area contributed by atoms with E-state index in [1.807, 2.05) is 18.2 Å². The monoisotopic (exact) mass is 325 g/mol. The first-order chi connectivity index (χ1) is 11.7. The molecule has 24 heavy (non-hydrogen) atoms. The molecular formula is C19H19NO4. The summed E-state index contributed by atoms with van der Waals surface area (Å²) in [6, 6.07) is 8.31. The third-order valence-electron chi connectivity index (χ3n) is 5.42. The zero-order chi connectivity index (χ0) is 16.3. The molecule has 0 fully saturated rings. The molecule has 124 valence electrons. The number of nitrogens with zero attached hydrogens (tertiary/aromatic N) is 1. The van der Waals surface area contributed by atoms with Crippen LogP contribution in [0, 0.1) is 0 Å². The molecule has 3 aliphatic rings. The lowest BCUT2D eigenvalue weighted by Gasteiger charge is -2.41. The van der Waals surface area contributed by atoms with E-state index in [2.05, 4.69) is 11.0 Å². The molecule has 0 amide bonds. The predicted molar refractivity (Wildman–Crippen MR) is 87.8 cm³/mol. The van der Waals surface area contributed by atoms with E-state index in [9.17, 15) is 5.11 Å². The average molecular weight is 325 g/mol. The summed E-state index contributed by atoms with van der Waals surface area (Å²) < 4.78 is 16.5. The zero-order valence-electron chi connectivity index (χ0n) is 13.5. The molecule has 0 unspecified atom stereocenters. The Hall–Kier alpha value is -2.40. The molecule has 3 heterocycles. The van der Waals surface area contributed by atoms with Gasteiger partial charge in [0.05, 0.1) is 7.11 Å². The summed E-state index contributed by atoms with van der Waals surface area (Å²) in [7, 11) is 1.59. The molecule has 5 heteroatoms. The largest absolute Gasteiger partial charge is 0.504 e. The highest BCUT2D eigenvalue weighted by atomic mass is 16.7. The Labute approximate surface area is 140 Å². The van der Waals surface area contributed by atoms with Gasteiger partial charge in [0.1, 0.15) is 0 Å². The molecule has 2 aromatic carbocycles. The second-order valence-corrected chi connectivity index (χ2v) is 6.60. The minimum Gasteiger partial charge on any atom is -0.504 e. The molecule has 0 saturated carbocycles. The van der Waals surface area contributed by atoms with E-state index in [1.165, 1.54) is 22.3 Å². The first kappa shape index (κ1) is 14.0. The number of ether oxygens (including phenoxy) is 3. The van der Waals surface area contributed by atoms with E-state index in [4.69, 9.17) is 14.2 Å². The zero-order valence-corrected chi connectivity index (χ0v) is 13.5. The normalized spacial score (nSPS) is 21.0. The summed E-state index contributed by atoms with van der Waals surface area (Å²) in [5.74, 6) is 2.54. The quantitative estimate of drug-likeness (QED) is 0.874. The van der Waals surface area contributed by atoms with Gasteiger partial charge in [0.15, 0.2) is 23.0 Å². The van der Waals surface area contributed by atoms with E-state index in [1.54, 1.807) is 7.11 Å². The highest BCUT2D eigenvalue weighted by molar-refractivity contribution is 5.55. The van der Waals surface area contributed by atoms with Crippen molar-refractivity contribution in [3.8, 4) is 23.0 Å². The van der Waals surface area contributed by atoms with E-state index < -0.39 is 0 Å². The minimum atomic E-state index is 0.217. The average Bonchev–Trinajstić information content (AvgIpc) is 3.09. The SMILES string of the molecule is COc1cc2c(cc1O)[C@H]1Cc3ccc4c(c3CN1CC2)OCO4. The summed E-state index contributed by atoms with van der Waals surface area (Å²) in [6.45, 7) is 2.17. The summed E-state index contributed by atoms with van der Waals surface area (Å²) >= 11 is 0. The number of hydrogen-bond acceptors (Lipinski definition) is 5. The molecule has 0 aliphatic carbocycles. The van der Waals surface area contributed by atoms with E-state index >= 15 is 0 Å². The van der Waals surface area contributed by atoms with Crippen LogP contribution in [0.3, 0.4) is 0 Å². The van der Waals surface area contributed by atoms with E-state index in [-0.39, 0.29) is 5.75 Å². The molecular weight excluding hydrogens is 306 g/mol. The first-order valence-electron chi connectivity index (χ1n) is 8.29. The van der Waals surface area contributed by atoms with Crippen molar-refractivity contribution in [1.82, 2.24) is 4.90 Å². The van der Waals surface area contributed by atoms with Crippen LogP contribution in [-0.2, 0) is 19.4 Å². The molecule has 5 nitrogen and oxygen atoms in total. The van der Waals surface area contributed by atoms with Crippen LogP contribution in [0.2, 0.25) is 0 Å². The first-order valence-corrected chi connectivity index (χ1v) is 8.29. The molecule has 1 atom stereocenters. The fourth-order valence-corrected chi connectivity index (χ4v) is 4.21. The number of phenols is 1. The molecule has 3 aliphatic heterocycles. The molecule has 0 spiro atoms. The Kier molecular flexibility index (Phi) is 2.94.